The van der Waals surface area contributed by atoms with Gasteiger partial charge in [-0.2, -0.15) is 13.2 Å². The van der Waals surface area contributed by atoms with Gasteiger partial charge in [0.1, 0.15) is 0 Å². The zero-order chi connectivity index (χ0) is 15.2. The van der Waals surface area contributed by atoms with Gasteiger partial charge in [0.15, 0.2) is 0 Å². The first-order valence-corrected chi connectivity index (χ1v) is 6.88. The first-order chi connectivity index (χ1) is 9.30. The molecular formula is C13H20F3NO3. The van der Waals surface area contributed by atoms with Crippen molar-refractivity contribution in [3.63, 3.8) is 0 Å². The van der Waals surface area contributed by atoms with Crippen LogP contribution in [0.4, 0.5) is 13.2 Å². The number of likely N-dealkylation sites (tertiary alicyclic amines) is 1. The van der Waals surface area contributed by atoms with Crippen LogP contribution in [0.25, 0.3) is 0 Å². The molecule has 0 aliphatic carbocycles. The van der Waals surface area contributed by atoms with Crippen molar-refractivity contribution in [2.45, 2.75) is 51.1 Å². The molecular weight excluding hydrogens is 275 g/mol. The zero-order valence-electron chi connectivity index (χ0n) is 11.3. The van der Waals surface area contributed by atoms with Crippen molar-refractivity contribution in [3.05, 3.63) is 0 Å². The van der Waals surface area contributed by atoms with E-state index in [0.717, 1.165) is 24.2 Å². The number of unbranched alkanes of at least 4 members (excludes halogenated alkanes) is 2. The van der Waals surface area contributed by atoms with Crippen LogP contribution in [0.3, 0.4) is 0 Å². The van der Waals surface area contributed by atoms with E-state index in [9.17, 15) is 22.8 Å². The lowest BCUT2D eigenvalue weighted by Crippen LogP contribution is -2.45. The number of piperidine rings is 1. The van der Waals surface area contributed by atoms with Crippen LogP contribution < -0.4 is 0 Å². The van der Waals surface area contributed by atoms with Gasteiger partial charge >= 0.3 is 18.1 Å². The Hall–Kier alpha value is -1.27. The summed E-state index contributed by atoms with van der Waals surface area (Å²) in [6, 6.07) is 0. The number of hydrogen-bond donors (Lipinski definition) is 1. The van der Waals surface area contributed by atoms with E-state index in [-0.39, 0.29) is 19.5 Å². The molecule has 1 amide bonds. The SMILES string of the molecule is O=C(O)CCCCCC1CCN(C(=O)C(F)(F)F)CC1. The van der Waals surface area contributed by atoms with Crippen molar-refractivity contribution in [3.8, 4) is 0 Å². The van der Waals surface area contributed by atoms with Crippen LogP contribution in [0.15, 0.2) is 0 Å². The highest BCUT2D eigenvalue weighted by Gasteiger charge is 2.43. The van der Waals surface area contributed by atoms with Crippen LogP contribution in [0.2, 0.25) is 0 Å². The molecule has 0 saturated carbocycles. The van der Waals surface area contributed by atoms with E-state index in [4.69, 9.17) is 5.11 Å². The predicted octanol–water partition coefficient (Wildman–Crippen LogP) is 2.82. The first-order valence-electron chi connectivity index (χ1n) is 6.88. The second-order valence-electron chi connectivity index (χ2n) is 5.23. The molecule has 0 spiro atoms. The third-order valence-corrected chi connectivity index (χ3v) is 3.65. The standard InChI is InChI=1S/C13H20F3NO3/c14-13(15,16)12(20)17-8-6-10(7-9-17)4-2-1-3-5-11(18)19/h10H,1-9H2,(H,18,19). The minimum absolute atomic E-state index is 0.165. The van der Waals surface area contributed by atoms with Crippen LogP contribution >= 0.6 is 0 Å². The number of alkyl halides is 3. The van der Waals surface area contributed by atoms with E-state index in [1.807, 2.05) is 0 Å². The highest BCUT2D eigenvalue weighted by atomic mass is 19.4. The van der Waals surface area contributed by atoms with Crippen LogP contribution in [-0.2, 0) is 9.59 Å². The van der Waals surface area contributed by atoms with E-state index >= 15 is 0 Å². The molecule has 1 fully saturated rings. The maximum Gasteiger partial charge on any atom is 0.471 e. The molecule has 0 bridgehead atoms. The molecule has 0 aromatic heterocycles. The molecule has 0 unspecified atom stereocenters. The zero-order valence-corrected chi connectivity index (χ0v) is 11.3. The van der Waals surface area contributed by atoms with Crippen LogP contribution in [0, 0.1) is 5.92 Å². The van der Waals surface area contributed by atoms with E-state index in [2.05, 4.69) is 0 Å². The summed E-state index contributed by atoms with van der Waals surface area (Å²) < 4.78 is 36.7. The number of carbonyl (C=O) groups excluding carboxylic acids is 1. The van der Waals surface area contributed by atoms with Crippen molar-refractivity contribution in [2.75, 3.05) is 13.1 Å². The topological polar surface area (TPSA) is 57.6 Å². The Morgan fingerprint density at radius 3 is 2.20 bits per heavy atom. The molecule has 116 valence electrons. The molecule has 1 rings (SSSR count). The lowest BCUT2D eigenvalue weighted by atomic mass is 9.91. The molecule has 1 heterocycles. The maximum absolute atomic E-state index is 12.2. The normalized spacial score (nSPS) is 17.2. The van der Waals surface area contributed by atoms with E-state index in [0.29, 0.717) is 25.2 Å². The largest absolute Gasteiger partial charge is 0.481 e. The predicted molar refractivity (Wildman–Crippen MR) is 66.1 cm³/mol. The summed E-state index contributed by atoms with van der Waals surface area (Å²) in [5.74, 6) is -2.20. The summed E-state index contributed by atoms with van der Waals surface area (Å²) in [5.41, 5.74) is 0. The van der Waals surface area contributed by atoms with Crippen molar-refractivity contribution < 1.29 is 27.9 Å². The Bertz CT molecular complexity index is 336. The van der Waals surface area contributed by atoms with E-state index in [1.165, 1.54) is 0 Å². The van der Waals surface area contributed by atoms with Gasteiger partial charge in [0.25, 0.3) is 0 Å². The number of nitrogens with zero attached hydrogens (tertiary/aromatic N) is 1. The van der Waals surface area contributed by atoms with Gasteiger partial charge in [-0.15, -0.1) is 0 Å². The fourth-order valence-corrected chi connectivity index (χ4v) is 2.49. The average molecular weight is 295 g/mol. The Balaban J connectivity index is 2.16. The summed E-state index contributed by atoms with van der Waals surface area (Å²) in [7, 11) is 0. The maximum atomic E-state index is 12.2. The third kappa shape index (κ3) is 5.79. The lowest BCUT2D eigenvalue weighted by molar-refractivity contribution is -0.186. The number of carboxylic acid groups (broad SMARTS) is 1. The van der Waals surface area contributed by atoms with E-state index < -0.39 is 18.1 Å². The fourth-order valence-electron chi connectivity index (χ4n) is 2.49. The lowest BCUT2D eigenvalue weighted by Gasteiger charge is -2.32. The van der Waals surface area contributed by atoms with Gasteiger partial charge in [-0.25, -0.2) is 0 Å². The average Bonchev–Trinajstić information content (AvgIpc) is 2.37. The number of halogens is 3. The van der Waals surface area contributed by atoms with Crippen molar-refractivity contribution in [1.29, 1.82) is 0 Å². The fraction of sp³-hybridized carbons (Fsp3) is 0.846. The quantitative estimate of drug-likeness (QED) is 0.767. The molecule has 7 heteroatoms. The number of amides is 1. The highest BCUT2D eigenvalue weighted by molar-refractivity contribution is 5.81. The van der Waals surface area contributed by atoms with Gasteiger partial charge in [0, 0.05) is 19.5 Å². The van der Waals surface area contributed by atoms with E-state index in [1.54, 1.807) is 0 Å². The Labute approximate surface area is 115 Å². The minimum atomic E-state index is -4.77. The first kappa shape index (κ1) is 16.8. The summed E-state index contributed by atoms with van der Waals surface area (Å²) in [6.45, 7) is 0.330. The van der Waals surface area contributed by atoms with Crippen LogP contribution in [0.5, 0.6) is 0 Å². The van der Waals surface area contributed by atoms with Gasteiger partial charge in [-0.3, -0.25) is 9.59 Å². The van der Waals surface area contributed by atoms with Gasteiger partial charge in [-0.1, -0.05) is 19.3 Å². The second-order valence-corrected chi connectivity index (χ2v) is 5.23. The van der Waals surface area contributed by atoms with Gasteiger partial charge in [0.05, 0.1) is 0 Å². The Kier molecular flexibility index (Phi) is 6.29. The second kappa shape index (κ2) is 7.50. The summed E-state index contributed by atoms with van der Waals surface area (Å²) in [5, 5.41) is 8.48. The molecule has 1 aliphatic rings. The van der Waals surface area contributed by atoms with Gasteiger partial charge in [-0.05, 0) is 25.2 Å². The molecule has 0 aromatic carbocycles. The van der Waals surface area contributed by atoms with Crippen molar-refractivity contribution in [1.82, 2.24) is 4.90 Å². The monoisotopic (exact) mass is 295 g/mol. The number of carbonyl (C=O) groups is 2. The number of rotatable bonds is 6. The van der Waals surface area contributed by atoms with Gasteiger partial charge < -0.3 is 10.0 Å². The van der Waals surface area contributed by atoms with Gasteiger partial charge in [0.2, 0.25) is 0 Å². The molecule has 0 aromatic rings. The summed E-state index contributed by atoms with van der Waals surface area (Å²) in [6.07, 6.45) is -0.155. The minimum Gasteiger partial charge on any atom is -0.481 e. The van der Waals surface area contributed by atoms with Crippen molar-refractivity contribution >= 4 is 11.9 Å². The molecule has 1 N–H and O–H groups in total. The molecule has 1 aliphatic heterocycles. The van der Waals surface area contributed by atoms with Crippen molar-refractivity contribution in [2.24, 2.45) is 5.92 Å². The third-order valence-electron chi connectivity index (χ3n) is 3.65. The summed E-state index contributed by atoms with van der Waals surface area (Å²) >= 11 is 0. The molecule has 0 atom stereocenters. The Morgan fingerprint density at radius 2 is 1.70 bits per heavy atom. The molecule has 0 radical (unpaired) electrons. The van der Waals surface area contributed by atoms with Crippen LogP contribution in [-0.4, -0.2) is 41.1 Å². The molecule has 1 saturated heterocycles. The summed E-state index contributed by atoms with van der Waals surface area (Å²) in [4.78, 5) is 22.2. The number of aliphatic carboxylic acids is 1. The number of carboxylic acids is 1. The Morgan fingerprint density at radius 1 is 1.10 bits per heavy atom. The number of hydrogen-bond acceptors (Lipinski definition) is 2. The van der Waals surface area contributed by atoms with Crippen LogP contribution in [0.1, 0.15) is 44.9 Å². The smallest absolute Gasteiger partial charge is 0.471 e. The molecule has 20 heavy (non-hydrogen) atoms. The highest BCUT2D eigenvalue weighted by Crippen LogP contribution is 2.26. The molecule has 4 nitrogen and oxygen atoms in total.